The minimum Gasteiger partial charge on any atom is -0.359 e. The zero-order chi connectivity index (χ0) is 7.78. The fourth-order valence-corrected chi connectivity index (χ4v) is 1.36. The van der Waals surface area contributed by atoms with Crippen LogP contribution in [0.1, 0.15) is 27.7 Å². The molecule has 3 atom stereocenters. The van der Waals surface area contributed by atoms with Gasteiger partial charge in [-0.3, -0.25) is 0 Å². The third-order valence-corrected chi connectivity index (χ3v) is 2.38. The summed E-state index contributed by atoms with van der Waals surface area (Å²) in [4.78, 5) is 0. The van der Waals surface area contributed by atoms with Crippen molar-refractivity contribution in [1.82, 2.24) is 0 Å². The van der Waals surface area contributed by atoms with Crippen LogP contribution >= 0.6 is 0 Å². The Bertz CT molecular complexity index is 187. The Morgan fingerprint density at radius 3 is 2.30 bits per heavy atom. The topological polar surface area (TPSA) is 9.23 Å². The Kier molecular flexibility index (Phi) is 1.74. The molecule has 1 fully saturated rings. The SMILES string of the molecule is CC#C[C@]1(C)O[C@@H](C)[C@H]1C. The molecule has 1 heteroatoms. The molecule has 0 aromatic carbocycles. The summed E-state index contributed by atoms with van der Waals surface area (Å²) < 4.78 is 5.51. The summed E-state index contributed by atoms with van der Waals surface area (Å²) in [7, 11) is 0. The van der Waals surface area contributed by atoms with Gasteiger partial charge in [0.2, 0.25) is 0 Å². The van der Waals surface area contributed by atoms with Crippen molar-refractivity contribution in [3.63, 3.8) is 0 Å². The van der Waals surface area contributed by atoms with Crippen LogP contribution in [0.4, 0.5) is 0 Å². The van der Waals surface area contributed by atoms with Crippen molar-refractivity contribution in [3.8, 4) is 11.8 Å². The summed E-state index contributed by atoms with van der Waals surface area (Å²) in [5.41, 5.74) is -0.159. The fourth-order valence-electron chi connectivity index (χ4n) is 1.36. The first-order valence-corrected chi connectivity index (χ1v) is 3.72. The molecule has 0 amide bonds. The van der Waals surface area contributed by atoms with E-state index in [9.17, 15) is 0 Å². The number of hydrogen-bond donors (Lipinski definition) is 0. The largest absolute Gasteiger partial charge is 0.359 e. The highest BCUT2D eigenvalue weighted by atomic mass is 16.5. The lowest BCUT2D eigenvalue weighted by molar-refractivity contribution is -0.202. The zero-order valence-corrected chi connectivity index (χ0v) is 7.06. The first kappa shape index (κ1) is 7.63. The Morgan fingerprint density at radius 1 is 1.40 bits per heavy atom. The second-order valence-electron chi connectivity index (χ2n) is 3.09. The van der Waals surface area contributed by atoms with Gasteiger partial charge in [-0.2, -0.15) is 0 Å². The maximum Gasteiger partial charge on any atom is 0.131 e. The highest BCUT2D eigenvalue weighted by Crippen LogP contribution is 2.37. The maximum atomic E-state index is 5.51. The number of hydrogen-bond acceptors (Lipinski definition) is 1. The van der Waals surface area contributed by atoms with Crippen LogP contribution in [0, 0.1) is 17.8 Å². The van der Waals surface area contributed by atoms with Crippen molar-refractivity contribution in [2.45, 2.75) is 39.4 Å². The van der Waals surface area contributed by atoms with Gasteiger partial charge in [-0.15, -0.1) is 5.92 Å². The predicted octanol–water partition coefficient (Wildman–Crippen LogP) is 1.82. The molecule has 0 N–H and O–H groups in total. The van der Waals surface area contributed by atoms with Crippen molar-refractivity contribution in [2.24, 2.45) is 5.92 Å². The van der Waals surface area contributed by atoms with Crippen molar-refractivity contribution in [1.29, 1.82) is 0 Å². The van der Waals surface area contributed by atoms with Gasteiger partial charge < -0.3 is 4.74 Å². The normalized spacial score (nSPS) is 45.2. The minimum absolute atomic E-state index is 0.159. The second-order valence-corrected chi connectivity index (χ2v) is 3.09. The van der Waals surface area contributed by atoms with Crippen molar-refractivity contribution in [2.75, 3.05) is 0 Å². The molecule has 1 aliphatic rings. The van der Waals surface area contributed by atoms with E-state index in [4.69, 9.17) is 4.74 Å². The molecule has 1 heterocycles. The molecular weight excluding hydrogens is 124 g/mol. The highest BCUT2D eigenvalue weighted by molar-refractivity contribution is 5.18. The third-order valence-electron chi connectivity index (χ3n) is 2.38. The van der Waals surface area contributed by atoms with Crippen LogP contribution in [0.15, 0.2) is 0 Å². The van der Waals surface area contributed by atoms with Gasteiger partial charge in [-0.05, 0) is 20.8 Å². The van der Waals surface area contributed by atoms with Crippen molar-refractivity contribution >= 4 is 0 Å². The smallest absolute Gasteiger partial charge is 0.131 e. The Morgan fingerprint density at radius 2 is 2.00 bits per heavy atom. The first-order valence-electron chi connectivity index (χ1n) is 3.72. The van der Waals surface area contributed by atoms with E-state index in [-0.39, 0.29) is 5.60 Å². The second kappa shape index (κ2) is 2.29. The average Bonchev–Trinajstić information content (AvgIpc) is 1.88. The van der Waals surface area contributed by atoms with Crippen LogP contribution < -0.4 is 0 Å². The average molecular weight is 138 g/mol. The molecular formula is C9H14O. The Balaban J connectivity index is 2.63. The molecule has 0 bridgehead atoms. The van der Waals surface area contributed by atoms with E-state index < -0.39 is 0 Å². The lowest BCUT2D eigenvalue weighted by Gasteiger charge is -2.47. The number of ether oxygens (including phenoxy) is 1. The van der Waals surface area contributed by atoms with Gasteiger partial charge in [0.05, 0.1) is 6.10 Å². The zero-order valence-electron chi connectivity index (χ0n) is 7.06. The molecule has 1 rings (SSSR count). The third kappa shape index (κ3) is 0.932. The molecule has 0 spiro atoms. The lowest BCUT2D eigenvalue weighted by atomic mass is 9.81. The van der Waals surface area contributed by atoms with Crippen molar-refractivity contribution in [3.05, 3.63) is 0 Å². The molecule has 0 aliphatic carbocycles. The summed E-state index contributed by atoms with van der Waals surface area (Å²) in [6.07, 6.45) is 0.380. The summed E-state index contributed by atoms with van der Waals surface area (Å²) in [5, 5.41) is 0. The Hall–Kier alpha value is -0.480. The van der Waals surface area contributed by atoms with Gasteiger partial charge in [0.25, 0.3) is 0 Å². The summed E-state index contributed by atoms with van der Waals surface area (Å²) in [6, 6.07) is 0. The summed E-state index contributed by atoms with van der Waals surface area (Å²) in [6.45, 7) is 8.17. The van der Waals surface area contributed by atoms with Gasteiger partial charge in [0.15, 0.2) is 0 Å². The first-order chi connectivity index (χ1) is 4.60. The van der Waals surface area contributed by atoms with Crippen LogP contribution in [0.25, 0.3) is 0 Å². The maximum absolute atomic E-state index is 5.51. The van der Waals surface area contributed by atoms with Gasteiger partial charge in [-0.25, -0.2) is 0 Å². The van der Waals surface area contributed by atoms with Crippen LogP contribution in [0.5, 0.6) is 0 Å². The van der Waals surface area contributed by atoms with E-state index in [0.717, 1.165) is 0 Å². The van der Waals surface area contributed by atoms with E-state index in [1.54, 1.807) is 0 Å². The van der Waals surface area contributed by atoms with Gasteiger partial charge in [-0.1, -0.05) is 12.8 Å². The van der Waals surface area contributed by atoms with Crippen molar-refractivity contribution < 1.29 is 4.74 Å². The number of rotatable bonds is 0. The molecule has 1 aliphatic heterocycles. The fraction of sp³-hybridized carbons (Fsp3) is 0.778. The van der Waals surface area contributed by atoms with Gasteiger partial charge in [0.1, 0.15) is 5.60 Å². The van der Waals surface area contributed by atoms with Crippen LogP contribution in [-0.2, 0) is 4.74 Å². The standard InChI is InChI=1S/C9H14O/c1-5-6-9(4)7(2)8(3)10-9/h7-8H,1-4H3/t7-,8+,9+/m1/s1. The molecule has 1 saturated heterocycles. The molecule has 1 nitrogen and oxygen atoms in total. The lowest BCUT2D eigenvalue weighted by Crippen LogP contribution is -2.54. The Labute approximate surface area is 62.8 Å². The van der Waals surface area contributed by atoms with Crippen LogP contribution in [-0.4, -0.2) is 11.7 Å². The van der Waals surface area contributed by atoms with E-state index in [1.807, 2.05) is 13.8 Å². The summed E-state index contributed by atoms with van der Waals surface area (Å²) >= 11 is 0. The molecule has 56 valence electrons. The van der Waals surface area contributed by atoms with E-state index in [0.29, 0.717) is 12.0 Å². The molecule has 0 aromatic heterocycles. The monoisotopic (exact) mass is 138 g/mol. The molecule has 0 unspecified atom stereocenters. The highest BCUT2D eigenvalue weighted by Gasteiger charge is 2.45. The van der Waals surface area contributed by atoms with Gasteiger partial charge >= 0.3 is 0 Å². The van der Waals surface area contributed by atoms with E-state index >= 15 is 0 Å². The predicted molar refractivity (Wildman–Crippen MR) is 41.6 cm³/mol. The van der Waals surface area contributed by atoms with E-state index in [1.165, 1.54) is 0 Å². The molecule has 10 heavy (non-hydrogen) atoms. The van der Waals surface area contributed by atoms with Gasteiger partial charge in [0, 0.05) is 5.92 Å². The minimum atomic E-state index is -0.159. The van der Waals surface area contributed by atoms with Crippen LogP contribution in [0.3, 0.4) is 0 Å². The quantitative estimate of drug-likeness (QED) is 0.464. The molecule has 0 saturated carbocycles. The van der Waals surface area contributed by atoms with Crippen LogP contribution in [0.2, 0.25) is 0 Å². The molecule has 0 aromatic rings. The summed E-state index contributed by atoms with van der Waals surface area (Å²) in [5.74, 6) is 6.52. The van der Waals surface area contributed by atoms with E-state index in [2.05, 4.69) is 25.7 Å². The molecule has 0 radical (unpaired) electrons.